The molecule has 1 saturated carbocycles. The van der Waals surface area contributed by atoms with Gasteiger partial charge < -0.3 is 15.0 Å². The van der Waals surface area contributed by atoms with Crippen LogP contribution in [0.4, 0.5) is 0 Å². The molecule has 1 aromatic rings. The van der Waals surface area contributed by atoms with Crippen LogP contribution in [0.15, 0.2) is 0 Å². The van der Waals surface area contributed by atoms with E-state index in [0.29, 0.717) is 5.92 Å². The lowest BCUT2D eigenvalue weighted by Crippen LogP contribution is -2.24. The summed E-state index contributed by atoms with van der Waals surface area (Å²) in [4.78, 5) is 15.4. The van der Waals surface area contributed by atoms with Gasteiger partial charge in [0.05, 0.1) is 12.7 Å². The summed E-state index contributed by atoms with van der Waals surface area (Å²) < 4.78 is 4.94. The molecule has 2 aliphatic rings. The third-order valence-corrected chi connectivity index (χ3v) is 3.98. The van der Waals surface area contributed by atoms with Gasteiger partial charge in [-0.3, -0.25) is 0 Å². The molecule has 0 atom stereocenters. The van der Waals surface area contributed by atoms with Crippen LogP contribution in [-0.4, -0.2) is 24.6 Å². The molecular weight excluding hydrogens is 216 g/mol. The number of esters is 1. The van der Waals surface area contributed by atoms with Crippen LogP contribution in [0, 0.1) is 0 Å². The minimum absolute atomic E-state index is 0.175. The molecule has 2 N–H and O–H groups in total. The van der Waals surface area contributed by atoms with Crippen LogP contribution in [0.2, 0.25) is 0 Å². The van der Waals surface area contributed by atoms with Crippen LogP contribution in [0.25, 0.3) is 0 Å². The zero-order valence-electron chi connectivity index (χ0n) is 10.1. The third kappa shape index (κ3) is 1.67. The Hall–Kier alpha value is -1.29. The van der Waals surface area contributed by atoms with Gasteiger partial charge >= 0.3 is 5.97 Å². The minimum atomic E-state index is -0.175. The number of carbonyl (C=O) groups is 1. The van der Waals surface area contributed by atoms with E-state index >= 15 is 0 Å². The van der Waals surface area contributed by atoms with Gasteiger partial charge in [0.1, 0.15) is 0 Å². The van der Waals surface area contributed by atoms with Crippen molar-refractivity contribution in [1.29, 1.82) is 0 Å². The molecule has 2 heterocycles. The molecule has 4 heteroatoms. The smallest absolute Gasteiger partial charge is 0.339 e. The van der Waals surface area contributed by atoms with Crippen molar-refractivity contribution in [2.24, 2.45) is 0 Å². The molecule has 4 nitrogen and oxygen atoms in total. The number of hydrogen-bond acceptors (Lipinski definition) is 3. The summed E-state index contributed by atoms with van der Waals surface area (Å²) in [6, 6.07) is 0. The Morgan fingerprint density at radius 1 is 1.41 bits per heavy atom. The van der Waals surface area contributed by atoms with Gasteiger partial charge in [-0.25, -0.2) is 4.79 Å². The predicted molar refractivity (Wildman–Crippen MR) is 64.1 cm³/mol. The third-order valence-electron chi connectivity index (χ3n) is 3.98. The lowest BCUT2D eigenvalue weighted by atomic mass is 9.81. The van der Waals surface area contributed by atoms with Crippen molar-refractivity contribution in [2.75, 3.05) is 13.7 Å². The predicted octanol–water partition coefficient (Wildman–Crippen LogP) is 1.71. The fourth-order valence-corrected chi connectivity index (χ4v) is 2.81. The van der Waals surface area contributed by atoms with Gasteiger partial charge in [0.15, 0.2) is 0 Å². The molecule has 1 aromatic heterocycles. The minimum Gasteiger partial charge on any atom is -0.465 e. The lowest BCUT2D eigenvalue weighted by Gasteiger charge is -2.25. The summed E-state index contributed by atoms with van der Waals surface area (Å²) in [7, 11) is 1.47. The van der Waals surface area contributed by atoms with E-state index in [2.05, 4.69) is 10.3 Å². The van der Waals surface area contributed by atoms with Crippen molar-refractivity contribution >= 4 is 5.97 Å². The van der Waals surface area contributed by atoms with E-state index < -0.39 is 0 Å². The van der Waals surface area contributed by atoms with Crippen LogP contribution in [-0.2, 0) is 17.7 Å². The van der Waals surface area contributed by atoms with E-state index in [9.17, 15) is 4.79 Å². The molecule has 0 spiro atoms. The molecular formula is C13H18N2O2. The summed E-state index contributed by atoms with van der Waals surface area (Å²) >= 11 is 0. The van der Waals surface area contributed by atoms with Crippen molar-refractivity contribution in [3.8, 4) is 0 Å². The molecule has 1 aliphatic heterocycles. The zero-order chi connectivity index (χ0) is 11.8. The Bertz CT molecular complexity index is 447. The van der Waals surface area contributed by atoms with Gasteiger partial charge in [-0.1, -0.05) is 6.42 Å². The van der Waals surface area contributed by atoms with E-state index in [0.717, 1.165) is 30.8 Å². The van der Waals surface area contributed by atoms with Crippen molar-refractivity contribution in [3.05, 3.63) is 22.5 Å². The molecule has 0 bridgehead atoms. The molecule has 92 valence electrons. The van der Waals surface area contributed by atoms with Gasteiger partial charge in [0.2, 0.25) is 0 Å². The Morgan fingerprint density at radius 2 is 2.24 bits per heavy atom. The number of methoxy groups -OCH3 is 1. The average molecular weight is 234 g/mol. The van der Waals surface area contributed by atoms with Gasteiger partial charge in [-0.05, 0) is 37.3 Å². The van der Waals surface area contributed by atoms with Crippen LogP contribution < -0.4 is 5.32 Å². The van der Waals surface area contributed by atoms with Crippen molar-refractivity contribution in [2.45, 2.75) is 38.1 Å². The van der Waals surface area contributed by atoms with Gasteiger partial charge in [-0.15, -0.1) is 0 Å². The molecule has 1 fully saturated rings. The normalized spacial score (nSPS) is 19.6. The van der Waals surface area contributed by atoms with E-state index in [1.54, 1.807) is 0 Å². The molecule has 17 heavy (non-hydrogen) atoms. The van der Waals surface area contributed by atoms with Crippen LogP contribution in [0.3, 0.4) is 0 Å². The van der Waals surface area contributed by atoms with Crippen molar-refractivity contribution in [1.82, 2.24) is 10.3 Å². The number of ether oxygens (including phenoxy) is 1. The molecule has 0 saturated heterocycles. The molecule has 1 aliphatic carbocycles. The highest BCUT2D eigenvalue weighted by Gasteiger charge is 2.31. The Kier molecular flexibility index (Phi) is 2.67. The number of H-pyrrole nitrogens is 1. The number of rotatable bonds is 2. The van der Waals surface area contributed by atoms with E-state index in [4.69, 9.17) is 4.74 Å². The first-order chi connectivity index (χ1) is 8.31. The maximum Gasteiger partial charge on any atom is 0.339 e. The van der Waals surface area contributed by atoms with E-state index in [1.165, 1.54) is 37.6 Å². The van der Waals surface area contributed by atoms with Crippen molar-refractivity contribution in [3.63, 3.8) is 0 Å². The quantitative estimate of drug-likeness (QED) is 0.766. The number of carbonyl (C=O) groups excluding carboxylic acids is 1. The van der Waals surface area contributed by atoms with E-state index in [-0.39, 0.29) is 5.97 Å². The number of aromatic amines is 1. The number of aromatic nitrogens is 1. The van der Waals surface area contributed by atoms with Gasteiger partial charge in [0, 0.05) is 17.9 Å². The molecule has 3 rings (SSSR count). The van der Waals surface area contributed by atoms with Crippen molar-refractivity contribution < 1.29 is 9.53 Å². The Morgan fingerprint density at radius 3 is 2.88 bits per heavy atom. The van der Waals surface area contributed by atoms with E-state index in [1.807, 2.05) is 0 Å². The average Bonchev–Trinajstić information content (AvgIpc) is 2.64. The second-order valence-electron chi connectivity index (χ2n) is 4.92. The summed E-state index contributed by atoms with van der Waals surface area (Å²) in [5, 5.41) is 3.33. The van der Waals surface area contributed by atoms with Crippen LogP contribution >= 0.6 is 0 Å². The Balaban J connectivity index is 2.06. The largest absolute Gasteiger partial charge is 0.465 e. The number of nitrogens with one attached hydrogen (secondary N) is 2. The highest BCUT2D eigenvalue weighted by molar-refractivity contribution is 5.93. The SMILES string of the molecule is COC(=O)c1c(C2CCC2)[nH]c2c1CCNC2. The highest BCUT2D eigenvalue weighted by atomic mass is 16.5. The van der Waals surface area contributed by atoms with Gasteiger partial charge in [0.25, 0.3) is 0 Å². The molecule has 0 radical (unpaired) electrons. The fourth-order valence-electron chi connectivity index (χ4n) is 2.81. The summed E-state index contributed by atoms with van der Waals surface area (Å²) in [5.74, 6) is 0.362. The molecule has 0 amide bonds. The Labute approximate surface area is 101 Å². The fraction of sp³-hybridized carbons (Fsp3) is 0.615. The maximum absolute atomic E-state index is 11.9. The molecule has 0 aromatic carbocycles. The standard InChI is InChI=1S/C13H18N2O2/c1-17-13(16)11-9-5-6-14-7-10(9)15-12(11)8-3-2-4-8/h8,14-15H,2-7H2,1H3. The topological polar surface area (TPSA) is 54.1 Å². The lowest BCUT2D eigenvalue weighted by molar-refractivity contribution is 0.0597. The van der Waals surface area contributed by atoms with Crippen LogP contribution in [0.1, 0.15) is 52.5 Å². The second-order valence-corrected chi connectivity index (χ2v) is 4.92. The first-order valence-corrected chi connectivity index (χ1v) is 6.34. The summed E-state index contributed by atoms with van der Waals surface area (Å²) in [6.07, 6.45) is 4.57. The second kappa shape index (κ2) is 4.18. The first kappa shape index (κ1) is 10.8. The monoisotopic (exact) mass is 234 g/mol. The van der Waals surface area contributed by atoms with Gasteiger partial charge in [-0.2, -0.15) is 0 Å². The number of fused-ring (bicyclic) bond motifs is 1. The molecule has 0 unspecified atom stereocenters. The van der Waals surface area contributed by atoms with Crippen LogP contribution in [0.5, 0.6) is 0 Å². The summed E-state index contributed by atoms with van der Waals surface area (Å²) in [5.41, 5.74) is 4.31. The maximum atomic E-state index is 11.9. The first-order valence-electron chi connectivity index (χ1n) is 6.34. The summed E-state index contributed by atoms with van der Waals surface area (Å²) in [6.45, 7) is 1.78. The zero-order valence-corrected chi connectivity index (χ0v) is 10.1. The highest BCUT2D eigenvalue weighted by Crippen LogP contribution is 2.39. The number of hydrogen-bond donors (Lipinski definition) is 2.